The molecule has 0 heterocycles. The van der Waals surface area contributed by atoms with E-state index in [1.165, 1.54) is 61.6 Å². The highest BCUT2D eigenvalue weighted by molar-refractivity contribution is 7.86. The van der Waals surface area contributed by atoms with Crippen molar-refractivity contribution < 1.29 is 37.0 Å². The summed E-state index contributed by atoms with van der Waals surface area (Å²) >= 11 is 0. The molecule has 0 unspecified atom stereocenters. The molecule has 27 heavy (non-hydrogen) atoms. The molecule has 0 radical (unpaired) electrons. The third kappa shape index (κ3) is 11.3. The fraction of sp³-hybridized carbons (Fsp3) is 0.250. The van der Waals surface area contributed by atoms with Gasteiger partial charge in [0.2, 0.25) is 0 Å². The Hall–Kier alpha value is -2.02. The Kier molecular flexibility index (Phi) is 10.8. The van der Waals surface area contributed by atoms with E-state index in [0.29, 0.717) is 11.4 Å². The van der Waals surface area contributed by atoms with Crippen LogP contribution in [0.3, 0.4) is 0 Å². The SMILES string of the molecule is CC[NH2+]CC.Nc1ccc(S(=O)(=O)[O-])cc1.[NH3+]c1ccc(S(=O)(=O)[O-])cc1. The summed E-state index contributed by atoms with van der Waals surface area (Å²) in [5.74, 6) is 0. The van der Waals surface area contributed by atoms with Gasteiger partial charge >= 0.3 is 0 Å². The van der Waals surface area contributed by atoms with Crippen molar-refractivity contribution in [2.45, 2.75) is 23.6 Å². The minimum absolute atomic E-state index is 0.218. The van der Waals surface area contributed by atoms with Gasteiger partial charge in [0, 0.05) is 17.8 Å². The van der Waals surface area contributed by atoms with Crippen molar-refractivity contribution in [3.05, 3.63) is 48.5 Å². The molecule has 0 bridgehead atoms. The standard InChI is InChI=1S/2C6H7NO3S.C4H11N/c2*7-5-1-3-6(4-2-5)11(8,9)10;1-3-5-4-2/h2*1-4H,7H2,(H,8,9,10);5H,3-4H2,1-2H3. The van der Waals surface area contributed by atoms with Crippen molar-refractivity contribution >= 4 is 31.6 Å². The van der Waals surface area contributed by atoms with Crippen molar-refractivity contribution in [2.24, 2.45) is 0 Å². The Bertz CT molecular complexity index is 805. The van der Waals surface area contributed by atoms with Crippen LogP contribution in [0.15, 0.2) is 58.3 Å². The number of nitrogen functional groups attached to an aromatic ring is 1. The average molecular weight is 420 g/mol. The van der Waals surface area contributed by atoms with Crippen LogP contribution in [-0.4, -0.2) is 39.0 Å². The van der Waals surface area contributed by atoms with Crippen LogP contribution in [0, 0.1) is 0 Å². The Morgan fingerprint density at radius 1 is 0.815 bits per heavy atom. The molecule has 0 saturated heterocycles. The minimum Gasteiger partial charge on any atom is -0.744 e. The predicted molar refractivity (Wildman–Crippen MR) is 98.8 cm³/mol. The summed E-state index contributed by atoms with van der Waals surface area (Å²) in [6.07, 6.45) is 0. The van der Waals surface area contributed by atoms with Crippen molar-refractivity contribution in [3.63, 3.8) is 0 Å². The first-order valence-electron chi connectivity index (χ1n) is 7.92. The summed E-state index contributed by atoms with van der Waals surface area (Å²) < 4.78 is 62.1. The minimum atomic E-state index is -4.33. The number of quaternary nitrogens is 2. The van der Waals surface area contributed by atoms with E-state index >= 15 is 0 Å². The molecule has 152 valence electrons. The van der Waals surface area contributed by atoms with Crippen molar-refractivity contribution in [3.8, 4) is 0 Å². The highest BCUT2D eigenvalue weighted by Crippen LogP contribution is 2.10. The third-order valence-corrected chi connectivity index (χ3v) is 4.66. The van der Waals surface area contributed by atoms with E-state index in [1.54, 1.807) is 0 Å². The summed E-state index contributed by atoms with van der Waals surface area (Å²) in [5, 5.41) is 2.25. The first-order valence-corrected chi connectivity index (χ1v) is 10.7. The molecule has 0 aromatic heterocycles. The lowest BCUT2D eigenvalue weighted by atomic mass is 10.3. The van der Waals surface area contributed by atoms with Crippen LogP contribution in [0.5, 0.6) is 0 Å². The van der Waals surface area contributed by atoms with Gasteiger partial charge in [-0.3, -0.25) is 0 Å². The van der Waals surface area contributed by atoms with Gasteiger partial charge in [-0.1, -0.05) is 0 Å². The second-order valence-electron chi connectivity index (χ2n) is 5.23. The van der Waals surface area contributed by atoms with Crippen LogP contribution < -0.4 is 16.8 Å². The van der Waals surface area contributed by atoms with E-state index in [9.17, 15) is 25.9 Å². The molecule has 11 heteroatoms. The molecule has 2 aromatic rings. The zero-order valence-corrected chi connectivity index (χ0v) is 16.8. The predicted octanol–water partition coefficient (Wildman–Crippen LogP) is -0.773. The van der Waals surface area contributed by atoms with Crippen molar-refractivity contribution in [1.29, 1.82) is 0 Å². The van der Waals surface area contributed by atoms with E-state index in [2.05, 4.69) is 24.9 Å². The van der Waals surface area contributed by atoms with Crippen LogP contribution in [0.2, 0.25) is 0 Å². The second-order valence-corrected chi connectivity index (χ2v) is 7.99. The van der Waals surface area contributed by atoms with Crippen LogP contribution in [-0.2, 0) is 20.2 Å². The maximum absolute atomic E-state index is 10.4. The summed E-state index contributed by atoms with van der Waals surface area (Å²) in [4.78, 5) is -0.475. The maximum Gasteiger partial charge on any atom is 0.127 e. The first kappa shape index (κ1) is 25.0. The Morgan fingerprint density at radius 3 is 1.41 bits per heavy atom. The molecule has 2 rings (SSSR count). The number of rotatable bonds is 4. The molecule has 0 aliphatic heterocycles. The average Bonchev–Trinajstić information content (AvgIpc) is 2.56. The molecule has 0 aliphatic rings. The van der Waals surface area contributed by atoms with Gasteiger partial charge in [-0.25, -0.2) is 16.8 Å². The lowest BCUT2D eigenvalue weighted by Crippen LogP contribution is -2.82. The smallest absolute Gasteiger partial charge is 0.127 e. The molecule has 0 atom stereocenters. The van der Waals surface area contributed by atoms with Crippen molar-refractivity contribution in [1.82, 2.24) is 0 Å². The second kappa shape index (κ2) is 11.6. The quantitative estimate of drug-likeness (QED) is 0.428. The molecule has 7 N–H and O–H groups in total. The maximum atomic E-state index is 10.4. The zero-order chi connectivity index (χ0) is 21.1. The van der Waals surface area contributed by atoms with E-state index < -0.39 is 20.2 Å². The molecule has 0 amide bonds. The number of anilines is 1. The van der Waals surface area contributed by atoms with Crippen LogP contribution in [0.1, 0.15) is 13.8 Å². The molecule has 0 fully saturated rings. The number of hydrogen-bond acceptors (Lipinski definition) is 7. The van der Waals surface area contributed by atoms with E-state index in [-0.39, 0.29) is 9.79 Å². The fourth-order valence-corrected chi connectivity index (χ4v) is 2.52. The molecule has 0 aliphatic carbocycles. The van der Waals surface area contributed by atoms with Crippen LogP contribution in [0.25, 0.3) is 0 Å². The van der Waals surface area contributed by atoms with Gasteiger partial charge in [0.15, 0.2) is 0 Å². The molecule has 0 saturated carbocycles. The first-order chi connectivity index (χ1) is 12.4. The lowest BCUT2D eigenvalue weighted by molar-refractivity contribution is -0.648. The van der Waals surface area contributed by atoms with E-state index in [1.807, 2.05) is 0 Å². The summed E-state index contributed by atoms with van der Waals surface area (Å²) in [6.45, 7) is 6.75. The van der Waals surface area contributed by atoms with E-state index in [0.717, 1.165) is 0 Å². The van der Waals surface area contributed by atoms with Gasteiger partial charge in [0.1, 0.15) is 25.9 Å². The number of benzene rings is 2. The molecular formula is C16H25N3O6S2. The van der Waals surface area contributed by atoms with Gasteiger partial charge in [0.05, 0.1) is 22.9 Å². The Labute approximate surface area is 159 Å². The van der Waals surface area contributed by atoms with E-state index in [4.69, 9.17) is 5.73 Å². The molecule has 0 spiro atoms. The van der Waals surface area contributed by atoms with Gasteiger partial charge in [-0.2, -0.15) is 0 Å². The summed E-state index contributed by atoms with van der Waals surface area (Å²) in [5.41, 5.74) is 9.93. The van der Waals surface area contributed by atoms with Crippen molar-refractivity contribution in [2.75, 3.05) is 18.8 Å². The fourth-order valence-electron chi connectivity index (χ4n) is 1.58. The number of hydrogen-bond donors (Lipinski definition) is 3. The Balaban J connectivity index is 0.000000405. The van der Waals surface area contributed by atoms with Gasteiger partial charge in [-0.05, 0) is 50.2 Å². The molecular weight excluding hydrogens is 394 g/mol. The summed E-state index contributed by atoms with van der Waals surface area (Å²) in [7, 11) is -8.62. The Morgan fingerprint density at radius 2 is 1.15 bits per heavy atom. The topological polar surface area (TPSA) is 185 Å². The van der Waals surface area contributed by atoms with Crippen LogP contribution in [0.4, 0.5) is 11.4 Å². The van der Waals surface area contributed by atoms with Gasteiger partial charge in [-0.15, -0.1) is 0 Å². The molecule has 2 aromatic carbocycles. The van der Waals surface area contributed by atoms with Gasteiger partial charge < -0.3 is 25.9 Å². The lowest BCUT2D eigenvalue weighted by Gasteiger charge is -2.05. The molecule has 9 nitrogen and oxygen atoms in total. The monoisotopic (exact) mass is 419 g/mol. The highest BCUT2D eigenvalue weighted by atomic mass is 32.2. The third-order valence-electron chi connectivity index (χ3n) is 2.96. The normalized spacial score (nSPS) is 10.9. The van der Waals surface area contributed by atoms with Crippen LogP contribution >= 0.6 is 0 Å². The summed E-state index contributed by atoms with van der Waals surface area (Å²) in [6, 6.07) is 10.5. The highest BCUT2D eigenvalue weighted by Gasteiger charge is 1.99. The zero-order valence-electron chi connectivity index (χ0n) is 15.2. The number of nitrogens with two attached hydrogens (primary N) is 2. The van der Waals surface area contributed by atoms with Gasteiger partial charge in [0.25, 0.3) is 0 Å². The largest absolute Gasteiger partial charge is 0.744 e.